The molecular weight excluding hydrogens is 383 g/mol. The number of nitrogens with zero attached hydrogens (tertiary/aromatic N) is 2. The topological polar surface area (TPSA) is 24.2 Å². The molecule has 1 amide bonds. The Balaban J connectivity index is 0.00000147. The van der Waals surface area contributed by atoms with E-state index in [2.05, 4.69) is 4.57 Å². The van der Waals surface area contributed by atoms with Crippen LogP contribution in [0, 0.1) is 0 Å². The molecule has 0 fully saturated rings. The van der Waals surface area contributed by atoms with Gasteiger partial charge in [-0.2, -0.15) is 4.90 Å². The monoisotopic (exact) mass is 392 g/mol. The van der Waals surface area contributed by atoms with Gasteiger partial charge in [-0.3, -0.25) is 0 Å². The third kappa shape index (κ3) is 2.72. The zero-order valence-electron chi connectivity index (χ0n) is 10.6. The fourth-order valence-corrected chi connectivity index (χ4v) is 3.98. The van der Waals surface area contributed by atoms with Crippen LogP contribution < -0.4 is 26.4 Å². The van der Waals surface area contributed by atoms with Crippen LogP contribution in [0.25, 0.3) is 10.4 Å². The molecule has 0 aliphatic carbocycles. The van der Waals surface area contributed by atoms with Gasteiger partial charge in [-0.05, 0) is 23.5 Å². The molecule has 0 radical (unpaired) electrons. The average molecular weight is 394 g/mol. The van der Waals surface area contributed by atoms with Gasteiger partial charge >= 0.3 is 11.0 Å². The molecule has 0 spiro atoms. The molecular formula is C13H11BrCl2N2OS. The maximum Gasteiger partial charge on any atom is 0.344 e. The van der Waals surface area contributed by atoms with E-state index >= 15 is 0 Å². The van der Waals surface area contributed by atoms with Gasteiger partial charge in [0.25, 0.3) is 0 Å². The van der Waals surface area contributed by atoms with Crippen molar-refractivity contribution in [1.29, 1.82) is 0 Å². The molecule has 0 unspecified atom stereocenters. The third-order valence-corrected chi connectivity index (χ3v) is 4.82. The van der Waals surface area contributed by atoms with Crippen molar-refractivity contribution in [3.63, 3.8) is 0 Å². The van der Waals surface area contributed by atoms with Crippen LogP contribution in [-0.2, 0) is 11.3 Å². The number of anilines is 1. The highest BCUT2D eigenvalue weighted by Gasteiger charge is 2.34. The van der Waals surface area contributed by atoms with E-state index in [-0.39, 0.29) is 22.9 Å². The Morgan fingerprint density at radius 3 is 2.80 bits per heavy atom. The van der Waals surface area contributed by atoms with Crippen molar-refractivity contribution < 1.29 is 26.3 Å². The molecule has 2 aromatic rings. The fraction of sp³-hybridized carbons (Fsp3) is 0.231. The van der Waals surface area contributed by atoms with E-state index in [9.17, 15) is 4.79 Å². The molecule has 0 saturated carbocycles. The Morgan fingerprint density at radius 2 is 2.15 bits per heavy atom. The van der Waals surface area contributed by atoms with E-state index in [1.54, 1.807) is 29.2 Å². The first-order valence-corrected chi connectivity index (χ1v) is 7.40. The van der Waals surface area contributed by atoms with Crippen LogP contribution >= 0.6 is 34.5 Å². The maximum absolute atomic E-state index is 11.5. The number of fused-ring (bicyclic) bond motifs is 1. The molecule has 3 nitrogen and oxygen atoms in total. The molecule has 2 heterocycles. The SMILES string of the molecule is CC(=O)N1CC[n+]2cc(-c3ccc(Cl)cc3Cl)sc21.[Br-]. The highest BCUT2D eigenvalue weighted by Crippen LogP contribution is 2.36. The Hall–Kier alpha value is -0.620. The lowest BCUT2D eigenvalue weighted by Gasteiger charge is -2.02. The normalized spacial score (nSPS) is 13.1. The lowest BCUT2D eigenvalue weighted by atomic mass is 10.2. The summed E-state index contributed by atoms with van der Waals surface area (Å²) in [4.78, 5) is 14.4. The number of hydrogen-bond acceptors (Lipinski definition) is 2. The molecule has 106 valence electrons. The van der Waals surface area contributed by atoms with E-state index in [4.69, 9.17) is 23.2 Å². The maximum atomic E-state index is 11.5. The fourth-order valence-electron chi connectivity index (χ4n) is 2.16. The van der Waals surface area contributed by atoms with Gasteiger partial charge < -0.3 is 17.0 Å². The largest absolute Gasteiger partial charge is 1.00 e. The second-order valence-electron chi connectivity index (χ2n) is 4.37. The summed E-state index contributed by atoms with van der Waals surface area (Å²) in [6.45, 7) is 3.16. The van der Waals surface area contributed by atoms with Crippen molar-refractivity contribution >= 4 is 45.6 Å². The summed E-state index contributed by atoms with van der Waals surface area (Å²) in [7, 11) is 0. The zero-order chi connectivity index (χ0) is 13.6. The number of benzene rings is 1. The summed E-state index contributed by atoms with van der Waals surface area (Å²) in [5.41, 5.74) is 0.946. The number of thiazole rings is 1. The van der Waals surface area contributed by atoms with Crippen molar-refractivity contribution in [1.82, 2.24) is 0 Å². The third-order valence-electron chi connectivity index (χ3n) is 3.09. The van der Waals surface area contributed by atoms with Crippen LogP contribution in [0.4, 0.5) is 5.13 Å². The predicted molar refractivity (Wildman–Crippen MR) is 78.0 cm³/mol. The van der Waals surface area contributed by atoms with Gasteiger partial charge in [-0.15, -0.1) is 0 Å². The summed E-state index contributed by atoms with van der Waals surface area (Å²) in [5, 5.41) is 2.21. The number of rotatable bonds is 1. The highest BCUT2D eigenvalue weighted by molar-refractivity contribution is 7.18. The van der Waals surface area contributed by atoms with Gasteiger partial charge in [0.05, 0.1) is 9.90 Å². The molecule has 1 aromatic heterocycles. The van der Waals surface area contributed by atoms with Gasteiger partial charge in [0, 0.05) is 17.5 Å². The highest BCUT2D eigenvalue weighted by atomic mass is 79.9. The molecule has 0 bridgehead atoms. The van der Waals surface area contributed by atoms with Crippen LogP contribution in [0.3, 0.4) is 0 Å². The molecule has 0 atom stereocenters. The van der Waals surface area contributed by atoms with Gasteiger partial charge in [0.2, 0.25) is 0 Å². The predicted octanol–water partition coefficient (Wildman–Crippen LogP) is 0.380. The second kappa shape index (κ2) is 6.02. The average Bonchev–Trinajstić information content (AvgIpc) is 2.87. The van der Waals surface area contributed by atoms with Crippen LogP contribution in [-0.4, -0.2) is 12.5 Å². The number of amides is 1. The first kappa shape index (κ1) is 15.8. The standard InChI is InChI=1S/C13H11Cl2N2OS.BrH/c1-8(18)17-5-4-16-7-12(19-13(16)17)10-3-2-9(14)6-11(10)15;/h2-3,6-7H,4-5H2,1H3;1H/q+1;/p-1. The number of carbonyl (C=O) groups is 1. The van der Waals surface area contributed by atoms with Crippen molar-refractivity contribution in [2.24, 2.45) is 0 Å². The van der Waals surface area contributed by atoms with Crippen LogP contribution in [0.1, 0.15) is 6.92 Å². The number of hydrogen-bond donors (Lipinski definition) is 0. The Morgan fingerprint density at radius 1 is 1.40 bits per heavy atom. The van der Waals surface area contributed by atoms with E-state index in [0.717, 1.165) is 28.7 Å². The molecule has 0 N–H and O–H groups in total. The van der Waals surface area contributed by atoms with Gasteiger partial charge in [-0.25, -0.2) is 9.36 Å². The molecule has 1 aromatic carbocycles. The number of halogens is 3. The molecule has 0 saturated heterocycles. The quantitative estimate of drug-likeness (QED) is 0.643. The Bertz CT molecular complexity index is 674. The van der Waals surface area contributed by atoms with Crippen LogP contribution in [0.5, 0.6) is 0 Å². The minimum atomic E-state index is 0. The molecule has 1 aliphatic rings. The van der Waals surface area contributed by atoms with E-state index in [0.29, 0.717) is 10.0 Å². The van der Waals surface area contributed by atoms with Crippen molar-refractivity contribution in [2.75, 3.05) is 11.4 Å². The summed E-state index contributed by atoms with van der Waals surface area (Å²) >= 11 is 13.7. The minimum absolute atomic E-state index is 0. The minimum Gasteiger partial charge on any atom is -1.00 e. The Labute approximate surface area is 141 Å². The summed E-state index contributed by atoms with van der Waals surface area (Å²) < 4.78 is 2.09. The number of aromatic nitrogens is 1. The van der Waals surface area contributed by atoms with E-state index in [1.807, 2.05) is 18.3 Å². The van der Waals surface area contributed by atoms with Crippen molar-refractivity contribution in [2.45, 2.75) is 13.5 Å². The lowest BCUT2D eigenvalue weighted by molar-refractivity contribution is -0.666. The molecule has 20 heavy (non-hydrogen) atoms. The van der Waals surface area contributed by atoms with Crippen LogP contribution in [0.2, 0.25) is 10.0 Å². The molecule has 3 rings (SSSR count). The first-order valence-electron chi connectivity index (χ1n) is 5.83. The second-order valence-corrected chi connectivity index (χ2v) is 6.22. The number of carbonyl (C=O) groups excluding carboxylic acids is 1. The van der Waals surface area contributed by atoms with E-state index in [1.165, 1.54) is 0 Å². The summed E-state index contributed by atoms with van der Waals surface area (Å²) in [6, 6.07) is 5.46. The van der Waals surface area contributed by atoms with Gasteiger partial charge in [-0.1, -0.05) is 29.3 Å². The first-order chi connectivity index (χ1) is 9.06. The van der Waals surface area contributed by atoms with Gasteiger partial charge in [0.15, 0.2) is 0 Å². The van der Waals surface area contributed by atoms with E-state index < -0.39 is 0 Å². The summed E-state index contributed by atoms with van der Waals surface area (Å²) in [6.07, 6.45) is 2.04. The Kier molecular flexibility index (Phi) is 4.74. The van der Waals surface area contributed by atoms with Gasteiger partial charge in [0.1, 0.15) is 19.3 Å². The molecule has 7 heteroatoms. The van der Waals surface area contributed by atoms with Crippen molar-refractivity contribution in [3.8, 4) is 10.4 Å². The smallest absolute Gasteiger partial charge is 0.344 e. The zero-order valence-corrected chi connectivity index (χ0v) is 14.5. The lowest BCUT2D eigenvalue weighted by Crippen LogP contribution is -3.00. The van der Waals surface area contributed by atoms with Crippen molar-refractivity contribution in [3.05, 3.63) is 34.4 Å². The van der Waals surface area contributed by atoms with Crippen LogP contribution in [0.15, 0.2) is 24.4 Å². The summed E-state index contributed by atoms with van der Waals surface area (Å²) in [5.74, 6) is 0.0712. The molecule has 1 aliphatic heterocycles.